The molecule has 2 nitrogen and oxygen atoms in total. The van der Waals surface area contributed by atoms with Crippen LogP contribution in [0, 0.1) is 6.92 Å². The van der Waals surface area contributed by atoms with E-state index in [1.165, 1.54) is 5.56 Å². The monoisotopic (exact) mass is 272 g/mol. The molecule has 0 fully saturated rings. The molecule has 0 spiro atoms. The summed E-state index contributed by atoms with van der Waals surface area (Å²) in [6.45, 7) is 8.65. The third-order valence-electron chi connectivity index (χ3n) is 2.95. The number of nitrogen functional groups attached to an aromatic ring is 1. The molecule has 1 aromatic heterocycles. The van der Waals surface area contributed by atoms with Crippen LogP contribution in [0.5, 0.6) is 0 Å². The van der Waals surface area contributed by atoms with Gasteiger partial charge in [0.25, 0.3) is 0 Å². The molecule has 1 heterocycles. The van der Waals surface area contributed by atoms with Crippen LogP contribution in [0.3, 0.4) is 0 Å². The van der Waals surface area contributed by atoms with Gasteiger partial charge in [0.1, 0.15) is 5.03 Å². The fourth-order valence-electron chi connectivity index (χ4n) is 1.80. The molecule has 2 rings (SSSR count). The Morgan fingerprint density at radius 1 is 1.11 bits per heavy atom. The largest absolute Gasteiger partial charge is 0.397 e. The van der Waals surface area contributed by atoms with Gasteiger partial charge in [-0.05, 0) is 41.7 Å². The molecule has 3 heteroatoms. The lowest BCUT2D eigenvalue weighted by atomic mass is 9.87. The second-order valence-electron chi connectivity index (χ2n) is 5.78. The molecular formula is C16H20N2S. The SMILES string of the molecule is Cc1cnc(Sc2ccc(C(C)(C)C)cc2)c(N)c1. The van der Waals surface area contributed by atoms with Crippen LogP contribution in [-0.4, -0.2) is 4.98 Å². The van der Waals surface area contributed by atoms with Crippen molar-refractivity contribution in [3.8, 4) is 0 Å². The molecule has 0 bridgehead atoms. The fourth-order valence-corrected chi connectivity index (χ4v) is 2.58. The minimum Gasteiger partial charge on any atom is -0.397 e. The van der Waals surface area contributed by atoms with Gasteiger partial charge in [-0.25, -0.2) is 4.98 Å². The normalized spacial score (nSPS) is 11.6. The van der Waals surface area contributed by atoms with Gasteiger partial charge >= 0.3 is 0 Å². The average molecular weight is 272 g/mol. The van der Waals surface area contributed by atoms with E-state index < -0.39 is 0 Å². The molecule has 2 N–H and O–H groups in total. The maximum Gasteiger partial charge on any atom is 0.124 e. The van der Waals surface area contributed by atoms with Crippen LogP contribution in [0.2, 0.25) is 0 Å². The van der Waals surface area contributed by atoms with Crippen molar-refractivity contribution in [3.63, 3.8) is 0 Å². The van der Waals surface area contributed by atoms with Gasteiger partial charge < -0.3 is 5.73 Å². The van der Waals surface area contributed by atoms with E-state index in [4.69, 9.17) is 5.73 Å². The summed E-state index contributed by atoms with van der Waals surface area (Å²) in [6.07, 6.45) is 1.85. The summed E-state index contributed by atoms with van der Waals surface area (Å²) in [7, 11) is 0. The van der Waals surface area contributed by atoms with Crippen molar-refractivity contribution in [2.24, 2.45) is 0 Å². The number of rotatable bonds is 2. The molecule has 0 aliphatic rings. The summed E-state index contributed by atoms with van der Waals surface area (Å²) in [6, 6.07) is 10.6. The van der Waals surface area contributed by atoms with Gasteiger partial charge in [-0.1, -0.05) is 44.7 Å². The van der Waals surface area contributed by atoms with Crippen molar-refractivity contribution >= 4 is 17.4 Å². The lowest BCUT2D eigenvalue weighted by molar-refractivity contribution is 0.590. The van der Waals surface area contributed by atoms with Crippen LogP contribution >= 0.6 is 11.8 Å². The molecule has 100 valence electrons. The van der Waals surface area contributed by atoms with Crippen LogP contribution in [0.4, 0.5) is 5.69 Å². The topological polar surface area (TPSA) is 38.9 Å². The first-order chi connectivity index (χ1) is 8.86. The predicted molar refractivity (Wildman–Crippen MR) is 82.7 cm³/mol. The lowest BCUT2D eigenvalue weighted by Gasteiger charge is -2.19. The van der Waals surface area contributed by atoms with E-state index in [2.05, 4.69) is 50.0 Å². The summed E-state index contributed by atoms with van der Waals surface area (Å²) < 4.78 is 0. The standard InChI is InChI=1S/C16H20N2S/c1-11-9-14(17)15(18-10-11)19-13-7-5-12(6-8-13)16(2,3)4/h5-10H,17H2,1-4H3. The third kappa shape index (κ3) is 3.51. The quantitative estimate of drug-likeness (QED) is 0.879. The highest BCUT2D eigenvalue weighted by atomic mass is 32.2. The zero-order chi connectivity index (χ0) is 14.0. The number of anilines is 1. The van der Waals surface area contributed by atoms with Gasteiger partial charge in [0, 0.05) is 11.1 Å². The Bertz CT molecular complexity index is 568. The Labute approximate surface area is 119 Å². The Balaban J connectivity index is 2.20. The summed E-state index contributed by atoms with van der Waals surface area (Å²) in [5, 5.41) is 0.870. The van der Waals surface area contributed by atoms with E-state index in [1.807, 2.05) is 19.2 Å². The molecule has 0 amide bonds. The third-order valence-corrected chi connectivity index (χ3v) is 3.99. The molecule has 0 saturated carbocycles. The first-order valence-corrected chi connectivity index (χ1v) is 7.18. The first-order valence-electron chi connectivity index (χ1n) is 6.37. The Morgan fingerprint density at radius 2 is 1.74 bits per heavy atom. The molecule has 1 aromatic carbocycles. The molecule has 0 radical (unpaired) electrons. The molecule has 0 atom stereocenters. The minimum absolute atomic E-state index is 0.185. The molecule has 0 aliphatic carbocycles. The second-order valence-corrected chi connectivity index (χ2v) is 6.85. The number of benzene rings is 1. The predicted octanol–water partition coefficient (Wildman–Crippen LogP) is 4.42. The van der Waals surface area contributed by atoms with E-state index >= 15 is 0 Å². The van der Waals surface area contributed by atoms with Gasteiger partial charge in [-0.2, -0.15) is 0 Å². The van der Waals surface area contributed by atoms with Crippen molar-refractivity contribution in [3.05, 3.63) is 47.7 Å². The van der Waals surface area contributed by atoms with Crippen molar-refractivity contribution in [1.82, 2.24) is 4.98 Å². The number of aromatic nitrogens is 1. The highest BCUT2D eigenvalue weighted by Crippen LogP contribution is 2.32. The lowest BCUT2D eigenvalue weighted by Crippen LogP contribution is -2.10. The van der Waals surface area contributed by atoms with Crippen LogP contribution in [0.25, 0.3) is 0 Å². The van der Waals surface area contributed by atoms with Gasteiger partial charge in [0.15, 0.2) is 0 Å². The molecule has 19 heavy (non-hydrogen) atoms. The van der Waals surface area contributed by atoms with Crippen molar-refractivity contribution < 1.29 is 0 Å². The molecule has 0 unspecified atom stereocenters. The molecule has 2 aromatic rings. The van der Waals surface area contributed by atoms with E-state index in [0.29, 0.717) is 0 Å². The van der Waals surface area contributed by atoms with Crippen molar-refractivity contribution in [2.75, 3.05) is 5.73 Å². The maximum absolute atomic E-state index is 5.99. The highest BCUT2D eigenvalue weighted by molar-refractivity contribution is 7.99. The summed E-state index contributed by atoms with van der Waals surface area (Å²) in [5.41, 5.74) is 9.33. The fraction of sp³-hybridized carbons (Fsp3) is 0.312. The van der Waals surface area contributed by atoms with Crippen molar-refractivity contribution in [1.29, 1.82) is 0 Å². The number of pyridine rings is 1. The average Bonchev–Trinajstić information content (AvgIpc) is 2.32. The van der Waals surface area contributed by atoms with Crippen molar-refractivity contribution in [2.45, 2.75) is 43.0 Å². The van der Waals surface area contributed by atoms with Gasteiger partial charge in [-0.3, -0.25) is 0 Å². The summed E-state index contributed by atoms with van der Waals surface area (Å²) >= 11 is 1.61. The van der Waals surface area contributed by atoms with Crippen LogP contribution in [-0.2, 0) is 5.41 Å². The number of hydrogen-bond acceptors (Lipinski definition) is 3. The highest BCUT2D eigenvalue weighted by Gasteiger charge is 2.13. The number of aryl methyl sites for hydroxylation is 1. The summed E-state index contributed by atoms with van der Waals surface area (Å²) in [5.74, 6) is 0. The summed E-state index contributed by atoms with van der Waals surface area (Å²) in [4.78, 5) is 5.55. The van der Waals surface area contributed by atoms with Gasteiger partial charge in [-0.15, -0.1) is 0 Å². The zero-order valence-electron chi connectivity index (χ0n) is 11.9. The minimum atomic E-state index is 0.185. The number of nitrogens with two attached hydrogens (primary N) is 1. The number of hydrogen-bond donors (Lipinski definition) is 1. The Hall–Kier alpha value is -1.48. The van der Waals surface area contributed by atoms with Crippen LogP contribution < -0.4 is 5.73 Å². The number of nitrogens with zero attached hydrogens (tertiary/aromatic N) is 1. The molecule has 0 saturated heterocycles. The van der Waals surface area contributed by atoms with Crippen LogP contribution in [0.1, 0.15) is 31.9 Å². The second kappa shape index (κ2) is 5.25. The maximum atomic E-state index is 5.99. The van der Waals surface area contributed by atoms with Crippen LogP contribution in [0.15, 0.2) is 46.5 Å². The van der Waals surface area contributed by atoms with E-state index in [1.54, 1.807) is 11.8 Å². The molecular weight excluding hydrogens is 252 g/mol. The van der Waals surface area contributed by atoms with E-state index in [-0.39, 0.29) is 5.41 Å². The van der Waals surface area contributed by atoms with E-state index in [9.17, 15) is 0 Å². The smallest absolute Gasteiger partial charge is 0.124 e. The zero-order valence-corrected chi connectivity index (χ0v) is 12.7. The van der Waals surface area contributed by atoms with Gasteiger partial charge in [0.2, 0.25) is 0 Å². The molecule has 0 aliphatic heterocycles. The van der Waals surface area contributed by atoms with E-state index in [0.717, 1.165) is 21.2 Å². The Morgan fingerprint density at radius 3 is 2.26 bits per heavy atom. The van der Waals surface area contributed by atoms with Gasteiger partial charge in [0.05, 0.1) is 5.69 Å². The first kappa shape index (κ1) is 13.9. The Kier molecular flexibility index (Phi) is 3.85.